The Balaban J connectivity index is 1.29. The Labute approximate surface area is 246 Å². The van der Waals surface area contributed by atoms with Crippen LogP contribution in [0.15, 0.2) is 79.0 Å². The summed E-state index contributed by atoms with van der Waals surface area (Å²) < 4.78 is 5.84. The second-order valence-electron chi connectivity index (χ2n) is 10.5. The largest absolute Gasteiger partial charge is 0.465 e. The molecule has 1 saturated heterocycles. The predicted octanol–water partition coefficient (Wildman–Crippen LogP) is 5.86. The third-order valence-corrected chi connectivity index (χ3v) is 8.13. The van der Waals surface area contributed by atoms with Crippen LogP contribution in [0.2, 0.25) is 5.02 Å². The molecule has 10 nitrogen and oxygen atoms in total. The molecule has 0 radical (unpaired) electrons. The van der Waals surface area contributed by atoms with Crippen molar-refractivity contribution >= 4 is 41.1 Å². The number of carbonyl (C=O) groups excluding carboxylic acids is 2. The van der Waals surface area contributed by atoms with E-state index >= 15 is 0 Å². The molecule has 3 N–H and O–H groups in total. The molecule has 1 spiro atoms. The van der Waals surface area contributed by atoms with E-state index in [1.54, 1.807) is 53.6 Å². The van der Waals surface area contributed by atoms with Crippen molar-refractivity contribution in [1.82, 2.24) is 14.9 Å². The van der Waals surface area contributed by atoms with Crippen LogP contribution in [-0.2, 0) is 21.6 Å². The first-order chi connectivity index (χ1) is 20.2. The average molecular weight is 586 g/mol. The van der Waals surface area contributed by atoms with Crippen molar-refractivity contribution in [3.8, 4) is 11.3 Å². The lowest BCUT2D eigenvalue weighted by Crippen LogP contribution is -2.43. The van der Waals surface area contributed by atoms with E-state index in [0.29, 0.717) is 47.3 Å². The number of nitrogens with one attached hydrogen (secondary N) is 2. The zero-order valence-corrected chi connectivity index (χ0v) is 23.5. The number of hydrogen-bond acceptors (Lipinski definition) is 5. The van der Waals surface area contributed by atoms with Crippen molar-refractivity contribution < 1.29 is 24.2 Å². The fraction of sp³-hybridized carbons (Fsp3) is 0.226. The second-order valence-corrected chi connectivity index (χ2v) is 11.0. The lowest BCUT2D eigenvalue weighted by Gasteiger charge is -2.35. The summed E-state index contributed by atoms with van der Waals surface area (Å²) in [5.74, 6) is -0.240. The van der Waals surface area contributed by atoms with Crippen molar-refractivity contribution in [2.75, 3.05) is 30.4 Å². The Morgan fingerprint density at radius 1 is 1.14 bits per heavy atom. The van der Waals surface area contributed by atoms with Crippen molar-refractivity contribution in [2.45, 2.75) is 24.4 Å². The van der Waals surface area contributed by atoms with Crippen LogP contribution < -0.4 is 10.2 Å². The molecule has 3 aromatic carbocycles. The zero-order chi connectivity index (χ0) is 29.4. The third-order valence-electron chi connectivity index (χ3n) is 7.90. The lowest BCUT2D eigenvalue weighted by molar-refractivity contribution is -0.133. The smallest absolute Gasteiger partial charge is 0.412 e. The van der Waals surface area contributed by atoms with Crippen LogP contribution in [0.3, 0.4) is 0 Å². The number of halogens is 1. The molecule has 0 bridgehead atoms. The normalized spacial score (nSPS) is 18.2. The minimum Gasteiger partial charge on any atom is -0.465 e. The summed E-state index contributed by atoms with van der Waals surface area (Å²) in [4.78, 5) is 48.7. The number of ether oxygens (including phenoxy) is 1. The molecule has 11 heteroatoms. The van der Waals surface area contributed by atoms with E-state index < -0.39 is 23.7 Å². The summed E-state index contributed by atoms with van der Waals surface area (Å²) in [5.41, 5.74) is 3.41. The van der Waals surface area contributed by atoms with Gasteiger partial charge in [-0.2, -0.15) is 0 Å². The monoisotopic (exact) mass is 585 g/mol. The van der Waals surface area contributed by atoms with Gasteiger partial charge in [0, 0.05) is 36.3 Å². The fourth-order valence-corrected chi connectivity index (χ4v) is 5.82. The van der Waals surface area contributed by atoms with Crippen LogP contribution in [0.25, 0.3) is 11.3 Å². The van der Waals surface area contributed by atoms with E-state index in [4.69, 9.17) is 16.3 Å². The summed E-state index contributed by atoms with van der Waals surface area (Å²) in [6.45, 7) is 0.597. The van der Waals surface area contributed by atoms with Gasteiger partial charge in [-0.05, 0) is 47.9 Å². The van der Waals surface area contributed by atoms with Crippen molar-refractivity contribution in [2.24, 2.45) is 0 Å². The van der Waals surface area contributed by atoms with Crippen LogP contribution >= 0.6 is 11.6 Å². The molecule has 3 amide bonds. The molecular weight excluding hydrogens is 558 g/mol. The Hall–Kier alpha value is -4.83. The number of aromatic amines is 1. The van der Waals surface area contributed by atoms with Gasteiger partial charge in [-0.3, -0.25) is 15.0 Å². The highest BCUT2D eigenvalue weighted by Gasteiger charge is 2.49. The number of benzene rings is 3. The first-order valence-corrected chi connectivity index (χ1v) is 13.8. The number of nitrogens with zero attached hydrogens (tertiary/aromatic N) is 3. The van der Waals surface area contributed by atoms with Crippen molar-refractivity contribution in [3.63, 3.8) is 0 Å². The van der Waals surface area contributed by atoms with Gasteiger partial charge in [-0.1, -0.05) is 54.1 Å². The van der Waals surface area contributed by atoms with Crippen LogP contribution in [-0.4, -0.2) is 58.2 Å². The number of H-pyrrole nitrogens is 1. The van der Waals surface area contributed by atoms with Crippen LogP contribution in [0.1, 0.15) is 29.3 Å². The van der Waals surface area contributed by atoms with E-state index in [9.17, 15) is 19.5 Å². The first kappa shape index (κ1) is 27.3. The predicted molar refractivity (Wildman–Crippen MR) is 158 cm³/mol. The zero-order valence-electron chi connectivity index (χ0n) is 22.7. The maximum atomic E-state index is 14.2. The molecule has 6 rings (SSSR count). The first-order valence-electron chi connectivity index (χ1n) is 13.5. The number of rotatable bonds is 6. The number of imidazole rings is 1. The Morgan fingerprint density at radius 2 is 1.90 bits per heavy atom. The van der Waals surface area contributed by atoms with Gasteiger partial charge in [0.1, 0.15) is 11.7 Å². The molecule has 42 heavy (non-hydrogen) atoms. The number of hydrogen-bond donors (Lipinski definition) is 3. The average Bonchev–Trinajstić information content (AvgIpc) is 3.65. The summed E-state index contributed by atoms with van der Waals surface area (Å²) in [5, 5.41) is 12.5. The molecule has 4 aromatic rings. The number of amides is 3. The third kappa shape index (κ3) is 5.16. The summed E-state index contributed by atoms with van der Waals surface area (Å²) >= 11 is 6.30. The van der Waals surface area contributed by atoms with E-state index in [0.717, 1.165) is 21.6 Å². The number of carbonyl (C=O) groups is 3. The van der Waals surface area contributed by atoms with E-state index in [-0.39, 0.29) is 12.5 Å². The Morgan fingerprint density at radius 3 is 2.64 bits per heavy atom. The molecule has 2 aliphatic heterocycles. The molecule has 214 valence electrons. The Kier molecular flexibility index (Phi) is 7.07. The number of carboxylic acid groups (broad SMARTS) is 1. The van der Waals surface area contributed by atoms with E-state index in [1.807, 2.05) is 30.3 Å². The molecule has 3 heterocycles. The molecule has 0 saturated carbocycles. The van der Waals surface area contributed by atoms with Crippen LogP contribution in [0, 0.1) is 0 Å². The molecule has 1 aromatic heterocycles. The maximum Gasteiger partial charge on any atom is 0.412 e. The van der Waals surface area contributed by atoms with E-state index in [2.05, 4.69) is 15.3 Å². The van der Waals surface area contributed by atoms with Gasteiger partial charge in [0.25, 0.3) is 0 Å². The van der Waals surface area contributed by atoms with Gasteiger partial charge < -0.3 is 19.7 Å². The van der Waals surface area contributed by atoms with Gasteiger partial charge in [0.2, 0.25) is 5.91 Å². The van der Waals surface area contributed by atoms with Gasteiger partial charge in [-0.15, -0.1) is 0 Å². The minimum absolute atomic E-state index is 0.131. The topological polar surface area (TPSA) is 128 Å². The number of aromatic nitrogens is 2. The lowest BCUT2D eigenvalue weighted by atomic mass is 9.90. The molecular formula is C31H28ClN5O5. The van der Waals surface area contributed by atoms with Crippen molar-refractivity contribution in [1.29, 1.82) is 0 Å². The van der Waals surface area contributed by atoms with E-state index in [1.165, 1.54) is 7.05 Å². The molecule has 2 aliphatic rings. The molecule has 2 atom stereocenters. The fourth-order valence-electron chi connectivity index (χ4n) is 5.65. The quantitative estimate of drug-likeness (QED) is 0.260. The van der Waals surface area contributed by atoms with Gasteiger partial charge in [0.15, 0.2) is 5.60 Å². The van der Waals surface area contributed by atoms with Gasteiger partial charge in [0.05, 0.1) is 24.1 Å². The Bertz CT molecular complexity index is 1660. The van der Waals surface area contributed by atoms with Gasteiger partial charge >= 0.3 is 12.2 Å². The molecule has 1 fully saturated rings. The highest BCUT2D eigenvalue weighted by molar-refractivity contribution is 6.30. The summed E-state index contributed by atoms with van der Waals surface area (Å²) in [6, 6.07) is 22.0. The second kappa shape index (κ2) is 10.9. The number of likely N-dealkylation sites (tertiary alicyclic amines) is 1. The summed E-state index contributed by atoms with van der Waals surface area (Å²) in [6.07, 6.45) is 0.925. The van der Waals surface area contributed by atoms with Crippen LogP contribution in [0.4, 0.5) is 21.0 Å². The van der Waals surface area contributed by atoms with Gasteiger partial charge in [-0.25, -0.2) is 14.6 Å². The SMILES string of the molecule is CN(C(=O)O)c1ccc(-c2cnc([C@H](Cc3ccccc3)C(=O)N3CC[C@@]4(C3)OC(=O)Nc3ccc(Cl)cc34)[nH]2)cc1. The minimum atomic E-state index is -1.05. The number of fused-ring (bicyclic) bond motifs is 2. The number of anilines is 2. The maximum absolute atomic E-state index is 14.2. The highest BCUT2D eigenvalue weighted by Crippen LogP contribution is 2.44. The molecule has 0 aliphatic carbocycles. The highest BCUT2D eigenvalue weighted by atomic mass is 35.5. The van der Waals surface area contributed by atoms with Crippen molar-refractivity contribution in [3.05, 3.63) is 101 Å². The standard InChI is InChI=1S/C31H28ClN5O5/c1-36(30(40)41)22-10-7-20(8-11-22)26-17-33-27(34-26)23(15-19-5-3-2-4-6-19)28(38)37-14-13-31(18-37)24-16-21(32)9-12-25(24)35-29(39)42-31/h2-12,16-17,23H,13-15,18H2,1H3,(H,33,34)(H,35,39)(H,40,41)/t23-,31-/m0/s1. The summed E-state index contributed by atoms with van der Waals surface area (Å²) in [7, 11) is 1.48. The molecule has 0 unspecified atom stereocenters. The van der Waals surface area contributed by atoms with Crippen LogP contribution in [0.5, 0.6) is 0 Å².